The number of ether oxygens (including phenoxy) is 1. The second-order valence-corrected chi connectivity index (χ2v) is 8.38. The van der Waals surface area contributed by atoms with Crippen molar-refractivity contribution < 1.29 is 14.2 Å². The Bertz CT molecular complexity index is 810. The summed E-state index contributed by atoms with van der Waals surface area (Å²) in [7, 11) is 1.68. The number of halogens is 1. The van der Waals surface area contributed by atoms with E-state index in [9.17, 15) is 14.3 Å². The SMILES string of the molecule is C/C=C\C(OCC1CC(C)N(CC(O)Cn2nc(C)n(C)c2=O)C(CC)C1)=C(/C)F. The van der Waals surface area contributed by atoms with E-state index in [-0.39, 0.29) is 24.1 Å². The average molecular weight is 425 g/mol. The van der Waals surface area contributed by atoms with Crippen molar-refractivity contribution in [2.75, 3.05) is 13.2 Å². The first kappa shape index (κ1) is 24.3. The highest BCUT2D eigenvalue weighted by Gasteiger charge is 2.34. The van der Waals surface area contributed by atoms with E-state index < -0.39 is 6.10 Å². The van der Waals surface area contributed by atoms with Crippen LogP contribution in [0.5, 0.6) is 0 Å². The molecule has 170 valence electrons. The topological polar surface area (TPSA) is 72.5 Å². The molecular formula is C22H37FN4O3. The molecule has 0 spiro atoms. The first-order valence-electron chi connectivity index (χ1n) is 10.8. The van der Waals surface area contributed by atoms with Crippen LogP contribution in [0.4, 0.5) is 4.39 Å². The third-order valence-corrected chi connectivity index (χ3v) is 5.98. The van der Waals surface area contributed by atoms with Crippen molar-refractivity contribution >= 4 is 0 Å². The summed E-state index contributed by atoms with van der Waals surface area (Å²) in [6, 6.07) is 0.564. The largest absolute Gasteiger partial charge is 0.491 e. The highest BCUT2D eigenvalue weighted by Crippen LogP contribution is 2.30. The van der Waals surface area contributed by atoms with E-state index in [4.69, 9.17) is 4.74 Å². The maximum absolute atomic E-state index is 13.6. The van der Waals surface area contributed by atoms with E-state index in [1.54, 1.807) is 26.1 Å². The molecule has 1 fully saturated rings. The molecule has 1 aliphatic heterocycles. The Morgan fingerprint density at radius 3 is 2.63 bits per heavy atom. The lowest BCUT2D eigenvalue weighted by Crippen LogP contribution is -2.52. The van der Waals surface area contributed by atoms with E-state index in [1.807, 2.05) is 6.92 Å². The van der Waals surface area contributed by atoms with Crippen molar-refractivity contribution in [3.05, 3.63) is 40.0 Å². The molecule has 2 heterocycles. The number of rotatable bonds is 9. The Balaban J connectivity index is 1.97. The molecule has 7 nitrogen and oxygen atoms in total. The highest BCUT2D eigenvalue weighted by atomic mass is 19.1. The molecule has 4 unspecified atom stereocenters. The van der Waals surface area contributed by atoms with Crippen molar-refractivity contribution in [1.82, 2.24) is 19.2 Å². The van der Waals surface area contributed by atoms with E-state index >= 15 is 0 Å². The molecule has 1 aliphatic rings. The van der Waals surface area contributed by atoms with Gasteiger partial charge in [0.05, 0.1) is 19.3 Å². The van der Waals surface area contributed by atoms with Crippen molar-refractivity contribution in [1.29, 1.82) is 0 Å². The first-order valence-corrected chi connectivity index (χ1v) is 10.8. The number of aliphatic hydroxyl groups is 1. The zero-order chi connectivity index (χ0) is 22.4. The van der Waals surface area contributed by atoms with Crippen LogP contribution >= 0.6 is 0 Å². The van der Waals surface area contributed by atoms with Crippen LogP contribution in [0, 0.1) is 12.8 Å². The lowest BCUT2D eigenvalue weighted by atomic mass is 9.85. The fourth-order valence-electron chi connectivity index (χ4n) is 4.30. The molecule has 0 amide bonds. The number of allylic oxidation sites excluding steroid dienone is 3. The van der Waals surface area contributed by atoms with Crippen LogP contribution in [0.1, 0.15) is 52.8 Å². The van der Waals surface area contributed by atoms with Gasteiger partial charge < -0.3 is 9.84 Å². The summed E-state index contributed by atoms with van der Waals surface area (Å²) >= 11 is 0. The van der Waals surface area contributed by atoms with Gasteiger partial charge in [-0.3, -0.25) is 9.47 Å². The summed E-state index contributed by atoms with van der Waals surface area (Å²) in [5.41, 5.74) is -0.212. The van der Waals surface area contributed by atoms with Gasteiger partial charge in [-0.15, -0.1) is 0 Å². The fourth-order valence-corrected chi connectivity index (χ4v) is 4.30. The predicted octanol–water partition coefficient (Wildman–Crippen LogP) is 2.92. The second-order valence-electron chi connectivity index (χ2n) is 8.38. The molecular weight excluding hydrogens is 387 g/mol. The van der Waals surface area contributed by atoms with Gasteiger partial charge in [-0.05, 0) is 59.0 Å². The van der Waals surface area contributed by atoms with Crippen LogP contribution < -0.4 is 5.69 Å². The molecule has 30 heavy (non-hydrogen) atoms. The molecule has 8 heteroatoms. The standard InChI is InChI=1S/C22H37FN4O3/c1-7-9-21(16(4)23)30-14-18-10-15(3)26(19(8-2)11-18)12-20(28)13-27-22(29)25(6)17(5)24-27/h7,9,15,18-20,28H,8,10-14H2,1-6H3/b9-7-,21-16-. The molecule has 0 aliphatic carbocycles. The predicted molar refractivity (Wildman–Crippen MR) is 116 cm³/mol. The molecule has 0 radical (unpaired) electrons. The van der Waals surface area contributed by atoms with Crippen LogP contribution in [0.25, 0.3) is 0 Å². The maximum atomic E-state index is 13.6. The Morgan fingerprint density at radius 2 is 2.10 bits per heavy atom. The number of nitrogens with zero attached hydrogens (tertiary/aromatic N) is 4. The molecule has 0 aromatic carbocycles. The summed E-state index contributed by atoms with van der Waals surface area (Å²) < 4.78 is 22.2. The summed E-state index contributed by atoms with van der Waals surface area (Å²) in [4.78, 5) is 14.5. The van der Waals surface area contributed by atoms with Crippen molar-refractivity contribution in [3.63, 3.8) is 0 Å². The van der Waals surface area contributed by atoms with Gasteiger partial charge in [-0.2, -0.15) is 5.10 Å². The number of piperidine rings is 1. The van der Waals surface area contributed by atoms with Gasteiger partial charge in [0.1, 0.15) is 17.4 Å². The lowest BCUT2D eigenvalue weighted by molar-refractivity contribution is -0.00490. The smallest absolute Gasteiger partial charge is 0.345 e. The molecule has 2 rings (SSSR count). The molecule has 4 atom stereocenters. The zero-order valence-electron chi connectivity index (χ0n) is 19.1. The van der Waals surface area contributed by atoms with E-state index in [2.05, 4.69) is 23.8 Å². The van der Waals surface area contributed by atoms with E-state index in [0.717, 1.165) is 19.3 Å². The molecule has 1 N–H and O–H groups in total. The minimum Gasteiger partial charge on any atom is -0.491 e. The molecule has 1 aromatic rings. The molecule has 0 saturated carbocycles. The quantitative estimate of drug-likeness (QED) is 0.487. The third kappa shape index (κ3) is 6.04. The summed E-state index contributed by atoms with van der Waals surface area (Å²) in [6.45, 7) is 10.5. The summed E-state index contributed by atoms with van der Waals surface area (Å²) in [6.07, 6.45) is 5.55. The molecule has 1 aromatic heterocycles. The Hall–Kier alpha value is -1.93. The molecule has 1 saturated heterocycles. The number of aromatic nitrogens is 3. The Labute approximate surface area is 178 Å². The number of hydrogen-bond acceptors (Lipinski definition) is 5. The number of β-amino-alcohol motifs (C(OH)–C–C–N with tert-alkyl or cyclic N) is 1. The number of aryl methyl sites for hydroxylation is 1. The first-order chi connectivity index (χ1) is 14.2. The van der Waals surface area contributed by atoms with Gasteiger partial charge in [0.15, 0.2) is 0 Å². The van der Waals surface area contributed by atoms with Gasteiger partial charge in [-0.1, -0.05) is 13.0 Å². The zero-order valence-corrected chi connectivity index (χ0v) is 19.1. The number of aliphatic hydroxyl groups excluding tert-OH is 1. The minimum absolute atomic E-state index is 0.181. The lowest BCUT2D eigenvalue weighted by Gasteiger charge is -2.44. The van der Waals surface area contributed by atoms with Gasteiger partial charge in [0.25, 0.3) is 0 Å². The van der Waals surface area contributed by atoms with Gasteiger partial charge in [0, 0.05) is 25.7 Å². The summed E-state index contributed by atoms with van der Waals surface area (Å²) in [5, 5.41) is 14.9. The Morgan fingerprint density at radius 1 is 1.40 bits per heavy atom. The van der Waals surface area contributed by atoms with Gasteiger partial charge >= 0.3 is 5.69 Å². The second kappa shape index (κ2) is 10.9. The van der Waals surface area contributed by atoms with Crippen molar-refractivity contribution in [2.45, 2.75) is 78.6 Å². The third-order valence-electron chi connectivity index (χ3n) is 5.98. The number of hydrogen-bond donors (Lipinski definition) is 1. The van der Waals surface area contributed by atoms with Crippen LogP contribution in [0.3, 0.4) is 0 Å². The summed E-state index contributed by atoms with van der Waals surface area (Å²) in [5.74, 6) is 0.947. The normalized spacial score (nSPS) is 24.9. The maximum Gasteiger partial charge on any atom is 0.345 e. The van der Waals surface area contributed by atoms with Crippen LogP contribution in [0.15, 0.2) is 28.5 Å². The van der Waals surface area contributed by atoms with Crippen LogP contribution in [-0.4, -0.2) is 55.7 Å². The van der Waals surface area contributed by atoms with Crippen molar-refractivity contribution in [3.8, 4) is 0 Å². The van der Waals surface area contributed by atoms with E-state index in [0.29, 0.717) is 36.7 Å². The Kier molecular flexibility index (Phi) is 8.85. The van der Waals surface area contributed by atoms with E-state index in [1.165, 1.54) is 16.2 Å². The highest BCUT2D eigenvalue weighted by molar-refractivity contribution is 5.14. The van der Waals surface area contributed by atoms with Crippen LogP contribution in [-0.2, 0) is 18.3 Å². The number of likely N-dealkylation sites (tertiary alicyclic amines) is 1. The monoisotopic (exact) mass is 424 g/mol. The average Bonchev–Trinajstić information content (AvgIpc) is 2.93. The van der Waals surface area contributed by atoms with Gasteiger partial charge in [-0.25, -0.2) is 13.9 Å². The van der Waals surface area contributed by atoms with Gasteiger partial charge in [0.2, 0.25) is 0 Å². The molecule has 0 bridgehead atoms. The minimum atomic E-state index is -0.681. The van der Waals surface area contributed by atoms with Crippen LogP contribution in [0.2, 0.25) is 0 Å². The van der Waals surface area contributed by atoms with Crippen molar-refractivity contribution in [2.24, 2.45) is 13.0 Å². The fraction of sp³-hybridized carbons (Fsp3) is 0.727.